The fourth-order valence-electron chi connectivity index (χ4n) is 1.26. The molecule has 1 aromatic rings. The van der Waals surface area contributed by atoms with E-state index in [4.69, 9.17) is 4.74 Å². The second-order valence-electron chi connectivity index (χ2n) is 3.82. The molecule has 1 rings (SSSR count). The topological polar surface area (TPSA) is 81.7 Å². The first-order chi connectivity index (χ1) is 9.51. The van der Waals surface area contributed by atoms with E-state index in [9.17, 15) is 14.4 Å². The van der Waals surface area contributed by atoms with Crippen LogP contribution in [0.25, 0.3) is 0 Å². The van der Waals surface area contributed by atoms with Gasteiger partial charge < -0.3 is 14.8 Å². The second kappa shape index (κ2) is 8.31. The molecule has 0 radical (unpaired) electrons. The summed E-state index contributed by atoms with van der Waals surface area (Å²) in [6.45, 7) is -0.675. The summed E-state index contributed by atoms with van der Waals surface area (Å²) in [6, 6.07) is 7.18. The van der Waals surface area contributed by atoms with Gasteiger partial charge in [0.1, 0.15) is 6.54 Å². The Balaban J connectivity index is 2.27. The first kappa shape index (κ1) is 16.2. The minimum Gasteiger partial charge on any atom is -0.468 e. The highest BCUT2D eigenvalue weighted by Gasteiger charge is 2.09. The molecule has 1 aromatic carbocycles. The summed E-state index contributed by atoms with van der Waals surface area (Å²) in [5.41, 5.74) is 0.785. The third kappa shape index (κ3) is 6.33. The Morgan fingerprint density at radius 2 is 1.80 bits per heavy atom. The SMILES string of the molecule is COC(=O)CNC(=O)COC(=O)Cc1ccc(Br)cc1. The molecule has 108 valence electrons. The summed E-state index contributed by atoms with van der Waals surface area (Å²) in [4.78, 5) is 33.5. The molecule has 0 saturated heterocycles. The molecular weight excluding hydrogens is 330 g/mol. The van der Waals surface area contributed by atoms with Crippen molar-refractivity contribution >= 4 is 33.8 Å². The van der Waals surface area contributed by atoms with Crippen LogP contribution in [0.3, 0.4) is 0 Å². The van der Waals surface area contributed by atoms with E-state index in [1.807, 2.05) is 12.1 Å². The van der Waals surface area contributed by atoms with Crippen molar-refractivity contribution in [1.82, 2.24) is 5.32 Å². The summed E-state index contributed by atoms with van der Waals surface area (Å²) in [7, 11) is 1.22. The molecular formula is C13H14BrNO5. The Bertz CT molecular complexity index is 486. The van der Waals surface area contributed by atoms with E-state index < -0.39 is 24.5 Å². The number of hydrogen-bond acceptors (Lipinski definition) is 5. The lowest BCUT2D eigenvalue weighted by molar-refractivity contribution is -0.148. The van der Waals surface area contributed by atoms with E-state index in [2.05, 4.69) is 26.0 Å². The van der Waals surface area contributed by atoms with Gasteiger partial charge in [0.05, 0.1) is 13.5 Å². The predicted molar refractivity (Wildman–Crippen MR) is 73.8 cm³/mol. The lowest BCUT2D eigenvalue weighted by atomic mass is 10.2. The molecule has 7 heteroatoms. The lowest BCUT2D eigenvalue weighted by Crippen LogP contribution is -2.33. The largest absolute Gasteiger partial charge is 0.468 e. The quantitative estimate of drug-likeness (QED) is 0.773. The number of benzene rings is 1. The maximum Gasteiger partial charge on any atom is 0.325 e. The third-order valence-electron chi connectivity index (χ3n) is 2.28. The van der Waals surface area contributed by atoms with Crippen molar-refractivity contribution in [3.63, 3.8) is 0 Å². The monoisotopic (exact) mass is 343 g/mol. The molecule has 1 amide bonds. The Morgan fingerprint density at radius 1 is 1.15 bits per heavy atom. The van der Waals surface area contributed by atoms with Crippen molar-refractivity contribution in [2.45, 2.75) is 6.42 Å². The van der Waals surface area contributed by atoms with E-state index in [0.29, 0.717) is 0 Å². The molecule has 0 heterocycles. The molecule has 6 nitrogen and oxygen atoms in total. The molecule has 20 heavy (non-hydrogen) atoms. The number of carbonyl (C=O) groups is 3. The normalized spacial score (nSPS) is 9.70. The number of hydrogen-bond donors (Lipinski definition) is 1. The van der Waals surface area contributed by atoms with Crippen molar-refractivity contribution in [2.75, 3.05) is 20.3 Å². The zero-order valence-electron chi connectivity index (χ0n) is 10.8. The molecule has 0 atom stereocenters. The van der Waals surface area contributed by atoms with Crippen molar-refractivity contribution in [3.8, 4) is 0 Å². The van der Waals surface area contributed by atoms with Crippen LogP contribution in [-0.4, -0.2) is 38.1 Å². The van der Waals surface area contributed by atoms with Crippen LogP contribution in [0.4, 0.5) is 0 Å². The lowest BCUT2D eigenvalue weighted by Gasteiger charge is -2.06. The second-order valence-corrected chi connectivity index (χ2v) is 4.73. The molecule has 0 aromatic heterocycles. The van der Waals surface area contributed by atoms with Crippen molar-refractivity contribution in [2.24, 2.45) is 0 Å². The summed E-state index contributed by atoms with van der Waals surface area (Å²) in [6.07, 6.45) is 0.0809. The minimum atomic E-state index is -0.570. The standard InChI is InChI=1S/C13H14BrNO5/c1-19-13(18)7-15-11(16)8-20-12(17)6-9-2-4-10(14)5-3-9/h2-5H,6-8H2,1H3,(H,15,16). The number of rotatable bonds is 6. The van der Waals surface area contributed by atoms with Gasteiger partial charge in [-0.15, -0.1) is 0 Å². The first-order valence-electron chi connectivity index (χ1n) is 5.75. The molecule has 0 aliphatic carbocycles. The van der Waals surface area contributed by atoms with E-state index in [1.165, 1.54) is 7.11 Å². The van der Waals surface area contributed by atoms with Crippen molar-refractivity contribution in [3.05, 3.63) is 34.3 Å². The van der Waals surface area contributed by atoms with Crippen molar-refractivity contribution in [1.29, 1.82) is 0 Å². The molecule has 0 bridgehead atoms. The van der Waals surface area contributed by atoms with Crippen LogP contribution in [0.2, 0.25) is 0 Å². The first-order valence-corrected chi connectivity index (χ1v) is 6.54. The molecule has 1 N–H and O–H groups in total. The summed E-state index contributed by atoms with van der Waals surface area (Å²) >= 11 is 3.29. The average molecular weight is 344 g/mol. The maximum atomic E-state index is 11.5. The highest BCUT2D eigenvalue weighted by atomic mass is 79.9. The van der Waals surface area contributed by atoms with Gasteiger partial charge in [-0.3, -0.25) is 14.4 Å². The number of nitrogens with one attached hydrogen (secondary N) is 1. The van der Waals surface area contributed by atoms with Crippen LogP contribution in [-0.2, 0) is 30.3 Å². The van der Waals surface area contributed by atoms with Gasteiger partial charge in [0.2, 0.25) is 0 Å². The highest BCUT2D eigenvalue weighted by Crippen LogP contribution is 2.11. The minimum absolute atomic E-state index is 0.0809. The Hall–Kier alpha value is -1.89. The molecule has 0 unspecified atom stereocenters. The van der Waals surface area contributed by atoms with Crippen LogP contribution in [0, 0.1) is 0 Å². The number of amides is 1. The molecule has 0 aliphatic rings. The maximum absolute atomic E-state index is 11.5. The van der Waals surface area contributed by atoms with E-state index >= 15 is 0 Å². The van der Waals surface area contributed by atoms with Crippen LogP contribution < -0.4 is 5.32 Å². The molecule has 0 aliphatic heterocycles. The van der Waals surface area contributed by atoms with Crippen molar-refractivity contribution < 1.29 is 23.9 Å². The fourth-order valence-corrected chi connectivity index (χ4v) is 1.52. The fraction of sp³-hybridized carbons (Fsp3) is 0.308. The predicted octanol–water partition coefficient (Wildman–Crippen LogP) is 0.824. The van der Waals surface area contributed by atoms with Gasteiger partial charge in [0.15, 0.2) is 6.61 Å². The smallest absolute Gasteiger partial charge is 0.325 e. The van der Waals surface area contributed by atoms with E-state index in [0.717, 1.165) is 10.0 Å². The Labute approximate surface area is 124 Å². The Kier molecular flexibility index (Phi) is 6.72. The number of methoxy groups -OCH3 is 1. The van der Waals surface area contributed by atoms with Gasteiger partial charge in [-0.25, -0.2) is 0 Å². The summed E-state index contributed by atoms with van der Waals surface area (Å²) in [5, 5.41) is 2.26. The third-order valence-corrected chi connectivity index (χ3v) is 2.81. The number of halogens is 1. The number of ether oxygens (including phenoxy) is 2. The van der Waals surface area contributed by atoms with Crippen LogP contribution in [0.15, 0.2) is 28.7 Å². The van der Waals surface area contributed by atoms with Gasteiger partial charge in [0.25, 0.3) is 5.91 Å². The van der Waals surface area contributed by atoms with Gasteiger partial charge >= 0.3 is 11.9 Å². The summed E-state index contributed by atoms with van der Waals surface area (Å²) < 4.78 is 10.1. The van der Waals surface area contributed by atoms with Gasteiger partial charge in [-0.2, -0.15) is 0 Å². The van der Waals surface area contributed by atoms with Gasteiger partial charge in [-0.1, -0.05) is 28.1 Å². The van der Waals surface area contributed by atoms with E-state index in [1.54, 1.807) is 12.1 Å². The van der Waals surface area contributed by atoms with Crippen LogP contribution >= 0.6 is 15.9 Å². The molecule has 0 fully saturated rings. The van der Waals surface area contributed by atoms with Gasteiger partial charge in [-0.05, 0) is 17.7 Å². The van der Waals surface area contributed by atoms with Gasteiger partial charge in [0, 0.05) is 4.47 Å². The molecule has 0 saturated carbocycles. The Morgan fingerprint density at radius 3 is 2.40 bits per heavy atom. The van der Waals surface area contributed by atoms with E-state index in [-0.39, 0.29) is 13.0 Å². The van der Waals surface area contributed by atoms with Crippen LogP contribution in [0.5, 0.6) is 0 Å². The highest BCUT2D eigenvalue weighted by molar-refractivity contribution is 9.10. The zero-order valence-corrected chi connectivity index (χ0v) is 12.4. The average Bonchev–Trinajstić information content (AvgIpc) is 2.45. The number of carbonyl (C=O) groups excluding carboxylic acids is 3. The van der Waals surface area contributed by atoms with Crippen LogP contribution in [0.1, 0.15) is 5.56 Å². The molecule has 0 spiro atoms. The summed E-state index contributed by atoms with van der Waals surface area (Å²) in [5.74, 6) is -1.64. The zero-order chi connectivity index (χ0) is 15.0. The number of esters is 2.